The molecule has 5 heteroatoms. The van der Waals surface area contributed by atoms with Crippen molar-refractivity contribution in [3.8, 4) is 0 Å². The van der Waals surface area contributed by atoms with Crippen molar-refractivity contribution in [2.75, 3.05) is 0 Å². The topological polar surface area (TPSA) is 46.3 Å². The molecule has 0 aliphatic heterocycles. The smallest absolute Gasteiger partial charge is 0.273 e. The van der Waals surface area contributed by atoms with Gasteiger partial charge >= 0.3 is 0 Å². The van der Waals surface area contributed by atoms with Gasteiger partial charge in [-0.2, -0.15) is 4.39 Å². The minimum absolute atomic E-state index is 0.137. The second kappa shape index (κ2) is 4.84. The summed E-state index contributed by atoms with van der Waals surface area (Å²) < 4.78 is 18.3. The maximum Gasteiger partial charge on any atom is 0.273 e. The van der Waals surface area contributed by atoms with Gasteiger partial charge in [0.25, 0.3) is 5.91 Å². The lowest BCUT2D eigenvalue weighted by Crippen LogP contribution is -2.33. The SMILES string of the molecule is O=C(c1cccc(F)n1)N(Cc1ccco1)C1CC1. The summed E-state index contributed by atoms with van der Waals surface area (Å²) in [5.41, 5.74) is 0.137. The Bertz CT molecular complexity index is 579. The monoisotopic (exact) mass is 260 g/mol. The third-order valence-corrected chi connectivity index (χ3v) is 3.09. The first-order valence-electron chi connectivity index (χ1n) is 6.20. The molecule has 0 N–H and O–H groups in total. The van der Waals surface area contributed by atoms with Gasteiger partial charge in [-0.25, -0.2) is 4.98 Å². The number of furan rings is 1. The second-order valence-corrected chi connectivity index (χ2v) is 4.59. The number of carbonyl (C=O) groups is 1. The van der Waals surface area contributed by atoms with Crippen LogP contribution in [0.3, 0.4) is 0 Å². The second-order valence-electron chi connectivity index (χ2n) is 4.59. The summed E-state index contributed by atoms with van der Waals surface area (Å²) in [6.07, 6.45) is 3.52. The molecule has 1 amide bonds. The van der Waals surface area contributed by atoms with E-state index in [1.165, 1.54) is 18.2 Å². The van der Waals surface area contributed by atoms with Gasteiger partial charge in [-0.1, -0.05) is 6.07 Å². The lowest BCUT2D eigenvalue weighted by molar-refractivity contribution is 0.0710. The van der Waals surface area contributed by atoms with Crippen LogP contribution in [-0.4, -0.2) is 21.8 Å². The van der Waals surface area contributed by atoms with E-state index in [0.717, 1.165) is 18.6 Å². The number of hydrogen-bond donors (Lipinski definition) is 0. The molecule has 19 heavy (non-hydrogen) atoms. The highest BCUT2D eigenvalue weighted by molar-refractivity contribution is 5.92. The largest absolute Gasteiger partial charge is 0.467 e. The van der Waals surface area contributed by atoms with Gasteiger partial charge in [0.05, 0.1) is 12.8 Å². The minimum atomic E-state index is -0.639. The highest BCUT2D eigenvalue weighted by atomic mass is 19.1. The summed E-state index contributed by atoms with van der Waals surface area (Å²) in [4.78, 5) is 17.7. The lowest BCUT2D eigenvalue weighted by Gasteiger charge is -2.20. The van der Waals surface area contributed by atoms with Crippen LogP contribution in [0.2, 0.25) is 0 Å². The Morgan fingerprint density at radius 3 is 2.84 bits per heavy atom. The van der Waals surface area contributed by atoms with Gasteiger partial charge in [0.2, 0.25) is 5.95 Å². The summed E-state index contributed by atoms with van der Waals surface area (Å²) in [6.45, 7) is 0.398. The summed E-state index contributed by atoms with van der Waals surface area (Å²) in [5.74, 6) is -0.172. The van der Waals surface area contributed by atoms with E-state index in [-0.39, 0.29) is 17.6 Å². The maximum atomic E-state index is 13.1. The Balaban J connectivity index is 1.82. The number of pyridine rings is 1. The standard InChI is InChI=1S/C14H13FN2O2/c15-13-5-1-4-12(16-13)14(18)17(10-6-7-10)9-11-3-2-8-19-11/h1-5,8,10H,6-7,9H2. The zero-order valence-electron chi connectivity index (χ0n) is 10.3. The predicted octanol–water partition coefficient (Wildman–Crippen LogP) is 2.62. The van der Waals surface area contributed by atoms with Crippen LogP contribution in [0.4, 0.5) is 4.39 Å². The Morgan fingerprint density at radius 2 is 2.21 bits per heavy atom. The van der Waals surface area contributed by atoms with Crippen LogP contribution in [0.25, 0.3) is 0 Å². The van der Waals surface area contributed by atoms with E-state index in [0.29, 0.717) is 6.54 Å². The first-order chi connectivity index (χ1) is 9.24. The number of nitrogens with zero attached hydrogens (tertiary/aromatic N) is 2. The molecule has 0 radical (unpaired) electrons. The fourth-order valence-electron chi connectivity index (χ4n) is 2.00. The number of halogens is 1. The highest BCUT2D eigenvalue weighted by Gasteiger charge is 2.34. The van der Waals surface area contributed by atoms with Crippen LogP contribution in [0, 0.1) is 5.95 Å². The predicted molar refractivity (Wildman–Crippen MR) is 65.8 cm³/mol. The molecule has 1 aliphatic carbocycles. The molecule has 0 atom stereocenters. The number of rotatable bonds is 4. The summed E-state index contributed by atoms with van der Waals surface area (Å²) in [7, 11) is 0. The van der Waals surface area contributed by atoms with E-state index < -0.39 is 5.95 Å². The van der Waals surface area contributed by atoms with Crippen molar-refractivity contribution in [1.29, 1.82) is 0 Å². The molecule has 1 saturated carbocycles. The zero-order valence-corrected chi connectivity index (χ0v) is 10.3. The molecule has 4 nitrogen and oxygen atoms in total. The highest BCUT2D eigenvalue weighted by Crippen LogP contribution is 2.29. The average molecular weight is 260 g/mol. The van der Waals surface area contributed by atoms with Gasteiger partial charge in [-0.05, 0) is 37.1 Å². The molecule has 2 heterocycles. The molecule has 3 rings (SSSR count). The fourth-order valence-corrected chi connectivity index (χ4v) is 2.00. The van der Waals surface area contributed by atoms with Crippen molar-refractivity contribution in [3.05, 3.63) is 54.0 Å². The van der Waals surface area contributed by atoms with Crippen molar-refractivity contribution in [2.24, 2.45) is 0 Å². The zero-order chi connectivity index (χ0) is 13.2. The van der Waals surface area contributed by atoms with Gasteiger partial charge in [-0.3, -0.25) is 4.79 Å². The van der Waals surface area contributed by atoms with Crippen molar-refractivity contribution >= 4 is 5.91 Å². The Hall–Kier alpha value is -2.17. The number of aromatic nitrogens is 1. The Morgan fingerprint density at radius 1 is 1.37 bits per heavy atom. The first kappa shape index (κ1) is 11.9. The molecule has 98 valence electrons. The molecule has 2 aromatic heterocycles. The minimum Gasteiger partial charge on any atom is -0.467 e. The van der Waals surface area contributed by atoms with E-state index in [4.69, 9.17) is 4.42 Å². The molecule has 0 spiro atoms. The maximum absolute atomic E-state index is 13.1. The normalized spacial score (nSPS) is 14.4. The van der Waals surface area contributed by atoms with Crippen molar-refractivity contribution in [3.63, 3.8) is 0 Å². The summed E-state index contributed by atoms with van der Waals surface area (Å²) in [5, 5.41) is 0. The van der Waals surface area contributed by atoms with Crippen LogP contribution in [-0.2, 0) is 6.54 Å². The fraction of sp³-hybridized carbons (Fsp3) is 0.286. The molecule has 1 fully saturated rings. The summed E-state index contributed by atoms with van der Waals surface area (Å²) in [6, 6.07) is 8.07. The van der Waals surface area contributed by atoms with E-state index >= 15 is 0 Å². The van der Waals surface area contributed by atoms with Gasteiger partial charge in [0.15, 0.2) is 0 Å². The van der Waals surface area contributed by atoms with Crippen LogP contribution < -0.4 is 0 Å². The summed E-state index contributed by atoms with van der Waals surface area (Å²) >= 11 is 0. The van der Waals surface area contributed by atoms with Crippen molar-refractivity contribution in [2.45, 2.75) is 25.4 Å². The van der Waals surface area contributed by atoms with Crippen LogP contribution in [0.1, 0.15) is 29.1 Å². The van der Waals surface area contributed by atoms with E-state index in [1.807, 2.05) is 6.07 Å². The molecule has 0 unspecified atom stereocenters. The lowest BCUT2D eigenvalue weighted by atomic mass is 10.3. The van der Waals surface area contributed by atoms with Gasteiger partial charge in [0.1, 0.15) is 11.5 Å². The number of carbonyl (C=O) groups excluding carboxylic acids is 1. The molecular weight excluding hydrogens is 247 g/mol. The average Bonchev–Trinajstić information content (AvgIpc) is 3.12. The third-order valence-electron chi connectivity index (χ3n) is 3.09. The van der Waals surface area contributed by atoms with Gasteiger partial charge < -0.3 is 9.32 Å². The van der Waals surface area contributed by atoms with Crippen LogP contribution >= 0.6 is 0 Å². The molecule has 0 bridgehead atoms. The van der Waals surface area contributed by atoms with E-state index in [1.54, 1.807) is 17.2 Å². The van der Waals surface area contributed by atoms with E-state index in [2.05, 4.69) is 4.98 Å². The van der Waals surface area contributed by atoms with E-state index in [9.17, 15) is 9.18 Å². The first-order valence-corrected chi connectivity index (χ1v) is 6.20. The molecule has 1 aliphatic rings. The Labute approximate surface area is 109 Å². The van der Waals surface area contributed by atoms with Crippen LogP contribution in [0.5, 0.6) is 0 Å². The third kappa shape index (κ3) is 2.65. The van der Waals surface area contributed by atoms with Crippen molar-refractivity contribution < 1.29 is 13.6 Å². The molecular formula is C14H13FN2O2. The molecule has 0 aromatic carbocycles. The van der Waals surface area contributed by atoms with Crippen molar-refractivity contribution in [1.82, 2.24) is 9.88 Å². The number of amides is 1. The quantitative estimate of drug-likeness (QED) is 0.794. The number of hydrogen-bond acceptors (Lipinski definition) is 3. The van der Waals surface area contributed by atoms with Crippen LogP contribution in [0.15, 0.2) is 41.0 Å². The van der Waals surface area contributed by atoms with Gasteiger partial charge in [0, 0.05) is 6.04 Å². The van der Waals surface area contributed by atoms with Gasteiger partial charge in [-0.15, -0.1) is 0 Å². The molecule has 2 aromatic rings. The molecule has 0 saturated heterocycles. The Kier molecular flexibility index (Phi) is 3.03.